The molecule has 5 heteroatoms. The lowest BCUT2D eigenvalue weighted by molar-refractivity contribution is -0.271. The SMILES string of the molecule is CC(CO)C1CCC2(CCC3(C)C(CCC4C5(C)CCC(O)C(C)(CO)C5CCC43C)C2O)CO1. The van der Waals surface area contributed by atoms with E-state index in [0.29, 0.717) is 24.4 Å². The van der Waals surface area contributed by atoms with Gasteiger partial charge in [-0.05, 0) is 98.2 Å². The second-order valence-electron chi connectivity index (χ2n) is 14.7. The highest BCUT2D eigenvalue weighted by Crippen LogP contribution is 2.75. The van der Waals surface area contributed by atoms with E-state index < -0.39 is 11.5 Å². The topological polar surface area (TPSA) is 90.2 Å². The molecule has 1 aliphatic heterocycles. The number of fused-ring (bicyclic) bond motifs is 5. The number of hydrogen-bond acceptors (Lipinski definition) is 5. The van der Waals surface area contributed by atoms with E-state index in [2.05, 4.69) is 34.6 Å². The van der Waals surface area contributed by atoms with Crippen molar-refractivity contribution in [3.63, 3.8) is 0 Å². The summed E-state index contributed by atoms with van der Waals surface area (Å²) < 4.78 is 6.30. The van der Waals surface area contributed by atoms with Crippen LogP contribution >= 0.6 is 0 Å². The molecule has 0 aromatic carbocycles. The van der Waals surface area contributed by atoms with E-state index in [4.69, 9.17) is 4.74 Å². The molecule has 0 radical (unpaired) electrons. The van der Waals surface area contributed by atoms with E-state index in [-0.39, 0.29) is 53.0 Å². The Kier molecular flexibility index (Phi) is 6.53. The summed E-state index contributed by atoms with van der Waals surface area (Å²) in [5, 5.41) is 42.9. The average molecular weight is 493 g/mol. The van der Waals surface area contributed by atoms with Gasteiger partial charge in [0.25, 0.3) is 0 Å². The molecule has 5 fully saturated rings. The van der Waals surface area contributed by atoms with E-state index >= 15 is 0 Å². The van der Waals surface area contributed by atoms with Crippen LogP contribution in [0.1, 0.15) is 98.8 Å². The summed E-state index contributed by atoms with van der Waals surface area (Å²) >= 11 is 0. The lowest BCUT2D eigenvalue weighted by Crippen LogP contribution is -2.68. The average Bonchev–Trinajstić information content (AvgIpc) is 2.85. The van der Waals surface area contributed by atoms with Gasteiger partial charge >= 0.3 is 0 Å². The maximum atomic E-state index is 12.0. The number of aliphatic hydroxyl groups excluding tert-OH is 4. The van der Waals surface area contributed by atoms with Crippen LogP contribution < -0.4 is 0 Å². The van der Waals surface area contributed by atoms with E-state index in [1.54, 1.807) is 0 Å². The molecule has 4 N–H and O–H groups in total. The fraction of sp³-hybridized carbons (Fsp3) is 1.00. The van der Waals surface area contributed by atoms with Crippen LogP contribution in [0.5, 0.6) is 0 Å². The fourth-order valence-electron chi connectivity index (χ4n) is 10.9. The normalized spacial score (nSPS) is 57.2. The summed E-state index contributed by atoms with van der Waals surface area (Å²) in [4.78, 5) is 0. The quantitative estimate of drug-likeness (QED) is 0.464. The van der Waals surface area contributed by atoms with Crippen LogP contribution in [0, 0.1) is 50.7 Å². The van der Waals surface area contributed by atoms with E-state index in [0.717, 1.165) is 64.2 Å². The maximum absolute atomic E-state index is 12.0. The number of ether oxygens (including phenoxy) is 1. The lowest BCUT2D eigenvalue weighted by atomic mass is 9.33. The molecule has 0 amide bonds. The minimum Gasteiger partial charge on any atom is -0.396 e. The van der Waals surface area contributed by atoms with Crippen LogP contribution in [-0.2, 0) is 4.74 Å². The molecule has 0 bridgehead atoms. The van der Waals surface area contributed by atoms with Crippen LogP contribution in [-0.4, -0.2) is 58.6 Å². The molecule has 12 atom stereocenters. The fourth-order valence-corrected chi connectivity index (χ4v) is 10.9. The number of rotatable bonds is 3. The van der Waals surface area contributed by atoms with Gasteiger partial charge in [-0.1, -0.05) is 34.6 Å². The van der Waals surface area contributed by atoms with Gasteiger partial charge in [0.15, 0.2) is 0 Å². The highest BCUT2D eigenvalue weighted by Gasteiger charge is 2.70. The standard InChI is InChI=1S/C30H52O5/c1-19(16-31)21-8-13-30(18-35-21)15-14-28(4)20(25(30)34)6-7-23-26(2)11-10-24(33)27(3,17-32)22(26)9-12-29(23,28)5/h19-25,31-34H,6-18H2,1-5H3. The van der Waals surface area contributed by atoms with Crippen molar-refractivity contribution in [2.45, 2.75) is 117 Å². The van der Waals surface area contributed by atoms with Gasteiger partial charge in [0.05, 0.1) is 31.5 Å². The lowest BCUT2D eigenvalue weighted by Gasteiger charge is -2.72. The number of hydrogen-bond donors (Lipinski definition) is 4. The zero-order valence-corrected chi connectivity index (χ0v) is 22.9. The molecule has 202 valence electrons. The second-order valence-corrected chi connectivity index (χ2v) is 14.7. The van der Waals surface area contributed by atoms with Crippen molar-refractivity contribution in [1.29, 1.82) is 0 Å². The summed E-state index contributed by atoms with van der Waals surface area (Å²) in [5.74, 6) is 1.36. The van der Waals surface area contributed by atoms with Crippen molar-refractivity contribution >= 4 is 0 Å². The second kappa shape index (κ2) is 8.66. The first-order valence-electron chi connectivity index (χ1n) is 14.6. The molecule has 4 saturated carbocycles. The van der Waals surface area contributed by atoms with E-state index in [9.17, 15) is 20.4 Å². The zero-order chi connectivity index (χ0) is 25.4. The first-order chi connectivity index (χ1) is 16.4. The molecule has 0 aromatic rings. The Hall–Kier alpha value is -0.200. The van der Waals surface area contributed by atoms with Gasteiger partial charge in [0, 0.05) is 23.4 Å². The van der Waals surface area contributed by atoms with Gasteiger partial charge in [-0.3, -0.25) is 0 Å². The van der Waals surface area contributed by atoms with Crippen molar-refractivity contribution in [2.24, 2.45) is 50.7 Å². The molecule has 5 aliphatic rings. The molecular formula is C30H52O5. The number of aliphatic hydroxyl groups is 4. The van der Waals surface area contributed by atoms with Crippen LogP contribution in [0.4, 0.5) is 0 Å². The molecule has 5 rings (SSSR count). The van der Waals surface area contributed by atoms with Crippen LogP contribution in [0.25, 0.3) is 0 Å². The van der Waals surface area contributed by atoms with Gasteiger partial charge in [-0.2, -0.15) is 0 Å². The smallest absolute Gasteiger partial charge is 0.0652 e. The van der Waals surface area contributed by atoms with Gasteiger partial charge in [-0.15, -0.1) is 0 Å². The molecular weight excluding hydrogens is 440 g/mol. The molecule has 1 heterocycles. The Bertz CT molecular complexity index is 794. The summed E-state index contributed by atoms with van der Waals surface area (Å²) in [5.41, 5.74) is -0.171. The van der Waals surface area contributed by atoms with Crippen molar-refractivity contribution in [2.75, 3.05) is 19.8 Å². The van der Waals surface area contributed by atoms with Crippen molar-refractivity contribution < 1.29 is 25.2 Å². The van der Waals surface area contributed by atoms with Gasteiger partial charge in [-0.25, -0.2) is 0 Å². The first kappa shape index (κ1) is 26.4. The van der Waals surface area contributed by atoms with Crippen molar-refractivity contribution in [3.8, 4) is 0 Å². The monoisotopic (exact) mass is 492 g/mol. The summed E-state index contributed by atoms with van der Waals surface area (Å²) in [7, 11) is 0. The molecule has 12 unspecified atom stereocenters. The Morgan fingerprint density at radius 2 is 1.54 bits per heavy atom. The summed E-state index contributed by atoms with van der Waals surface area (Å²) in [6.07, 6.45) is 9.69. The van der Waals surface area contributed by atoms with Crippen molar-refractivity contribution in [3.05, 3.63) is 0 Å². The van der Waals surface area contributed by atoms with E-state index in [1.165, 1.54) is 0 Å². The predicted octanol–water partition coefficient (Wildman–Crippen LogP) is 4.54. The molecule has 4 aliphatic carbocycles. The van der Waals surface area contributed by atoms with Crippen LogP contribution in [0.15, 0.2) is 0 Å². The Balaban J connectivity index is 1.41. The predicted molar refractivity (Wildman–Crippen MR) is 137 cm³/mol. The Morgan fingerprint density at radius 1 is 0.800 bits per heavy atom. The third kappa shape index (κ3) is 3.43. The Morgan fingerprint density at radius 3 is 2.17 bits per heavy atom. The summed E-state index contributed by atoms with van der Waals surface area (Å²) in [6.45, 7) is 12.5. The van der Waals surface area contributed by atoms with Gasteiger partial charge in [0.1, 0.15) is 0 Å². The minimum atomic E-state index is -0.415. The molecule has 5 nitrogen and oxygen atoms in total. The zero-order valence-electron chi connectivity index (χ0n) is 22.9. The van der Waals surface area contributed by atoms with Crippen molar-refractivity contribution in [1.82, 2.24) is 0 Å². The molecule has 35 heavy (non-hydrogen) atoms. The maximum Gasteiger partial charge on any atom is 0.0652 e. The van der Waals surface area contributed by atoms with Crippen LogP contribution in [0.3, 0.4) is 0 Å². The molecule has 1 spiro atoms. The Labute approximate surface area is 213 Å². The summed E-state index contributed by atoms with van der Waals surface area (Å²) in [6, 6.07) is 0. The van der Waals surface area contributed by atoms with Gasteiger partial charge < -0.3 is 25.2 Å². The highest BCUT2D eigenvalue weighted by molar-refractivity contribution is 5.18. The third-order valence-electron chi connectivity index (χ3n) is 13.6. The highest BCUT2D eigenvalue weighted by atomic mass is 16.5. The molecule has 1 saturated heterocycles. The van der Waals surface area contributed by atoms with E-state index in [1.807, 2.05) is 0 Å². The molecule has 0 aromatic heterocycles. The van der Waals surface area contributed by atoms with Gasteiger partial charge in [0.2, 0.25) is 0 Å². The van der Waals surface area contributed by atoms with Crippen LogP contribution in [0.2, 0.25) is 0 Å². The third-order valence-corrected chi connectivity index (χ3v) is 13.6. The first-order valence-corrected chi connectivity index (χ1v) is 14.6. The largest absolute Gasteiger partial charge is 0.396 e. The minimum absolute atomic E-state index is 0.0644.